The summed E-state index contributed by atoms with van der Waals surface area (Å²) in [5, 5.41) is 2.47. The van der Waals surface area contributed by atoms with E-state index in [1.165, 1.54) is 53.4 Å². The standard InChI is InChI=1S/C31H32N2O/c1-23-8-11-25(12-9-23)26-13-15-27(16-14-26)31(34)32(2)22-29-7-5-6-28-20-24(10-17-30(28)29)21-33-18-3-4-19-33/h5-17,20H,3-4,18-19,21-22H2,1-2H3. The molecular weight excluding hydrogens is 416 g/mol. The minimum atomic E-state index is 0.0399. The van der Waals surface area contributed by atoms with E-state index >= 15 is 0 Å². The normalized spacial score (nSPS) is 13.9. The molecule has 5 rings (SSSR count). The Bertz CT molecular complexity index is 1290. The minimum Gasteiger partial charge on any atom is -0.337 e. The summed E-state index contributed by atoms with van der Waals surface area (Å²) in [5.41, 5.74) is 6.79. The first-order valence-corrected chi connectivity index (χ1v) is 12.2. The lowest BCUT2D eigenvalue weighted by Crippen LogP contribution is -2.26. The zero-order valence-electron chi connectivity index (χ0n) is 20.1. The average molecular weight is 449 g/mol. The van der Waals surface area contributed by atoms with Gasteiger partial charge >= 0.3 is 0 Å². The molecule has 0 saturated carbocycles. The van der Waals surface area contributed by atoms with Crippen LogP contribution in [0.4, 0.5) is 0 Å². The molecule has 0 N–H and O–H groups in total. The van der Waals surface area contributed by atoms with Gasteiger partial charge in [-0.1, -0.05) is 72.3 Å². The Morgan fingerprint density at radius 2 is 1.53 bits per heavy atom. The summed E-state index contributed by atoms with van der Waals surface area (Å²) in [4.78, 5) is 17.5. The topological polar surface area (TPSA) is 23.6 Å². The van der Waals surface area contributed by atoms with Crippen LogP contribution in [-0.2, 0) is 13.1 Å². The van der Waals surface area contributed by atoms with Gasteiger partial charge in [-0.3, -0.25) is 9.69 Å². The highest BCUT2D eigenvalue weighted by molar-refractivity contribution is 5.95. The van der Waals surface area contributed by atoms with Crippen LogP contribution in [0.2, 0.25) is 0 Å². The number of hydrogen-bond donors (Lipinski definition) is 0. The van der Waals surface area contributed by atoms with Crippen molar-refractivity contribution in [1.82, 2.24) is 9.80 Å². The summed E-state index contributed by atoms with van der Waals surface area (Å²) in [6, 6.07) is 29.6. The maximum Gasteiger partial charge on any atom is 0.253 e. The number of aryl methyl sites for hydroxylation is 1. The zero-order chi connectivity index (χ0) is 23.5. The second-order valence-corrected chi connectivity index (χ2v) is 9.56. The molecule has 1 heterocycles. The highest BCUT2D eigenvalue weighted by Gasteiger charge is 2.15. The van der Waals surface area contributed by atoms with Crippen molar-refractivity contribution in [2.24, 2.45) is 0 Å². The van der Waals surface area contributed by atoms with Gasteiger partial charge in [0.15, 0.2) is 0 Å². The number of fused-ring (bicyclic) bond motifs is 1. The van der Waals surface area contributed by atoms with Crippen LogP contribution < -0.4 is 0 Å². The van der Waals surface area contributed by atoms with Crippen molar-refractivity contribution in [3.05, 3.63) is 107 Å². The van der Waals surface area contributed by atoms with Gasteiger partial charge in [-0.05, 0) is 84.1 Å². The number of carbonyl (C=O) groups excluding carboxylic acids is 1. The summed E-state index contributed by atoms with van der Waals surface area (Å²) in [6.45, 7) is 6.11. The molecule has 1 amide bonds. The van der Waals surface area contributed by atoms with E-state index in [0.717, 1.165) is 17.7 Å². The molecule has 1 fully saturated rings. The Kier molecular flexibility index (Phi) is 6.46. The lowest BCUT2D eigenvalue weighted by atomic mass is 10.0. The van der Waals surface area contributed by atoms with E-state index in [1.807, 2.05) is 36.2 Å². The van der Waals surface area contributed by atoms with Crippen molar-refractivity contribution in [3.63, 3.8) is 0 Å². The number of rotatable bonds is 6. The lowest BCUT2D eigenvalue weighted by molar-refractivity contribution is 0.0785. The van der Waals surface area contributed by atoms with Crippen LogP contribution in [-0.4, -0.2) is 35.8 Å². The highest BCUT2D eigenvalue weighted by atomic mass is 16.2. The molecule has 0 bridgehead atoms. The minimum absolute atomic E-state index is 0.0399. The predicted octanol–water partition coefficient (Wildman–Crippen LogP) is 6.68. The Hall–Kier alpha value is -3.43. The van der Waals surface area contributed by atoms with Gasteiger partial charge in [0.2, 0.25) is 0 Å². The molecule has 0 radical (unpaired) electrons. The quantitative estimate of drug-likeness (QED) is 0.328. The van der Waals surface area contributed by atoms with Gasteiger partial charge in [0.1, 0.15) is 0 Å². The average Bonchev–Trinajstić information content (AvgIpc) is 3.37. The van der Waals surface area contributed by atoms with E-state index in [9.17, 15) is 4.79 Å². The maximum absolute atomic E-state index is 13.1. The van der Waals surface area contributed by atoms with Gasteiger partial charge in [0.05, 0.1) is 0 Å². The smallest absolute Gasteiger partial charge is 0.253 e. The second kappa shape index (κ2) is 9.82. The number of likely N-dealkylation sites (tertiary alicyclic amines) is 1. The summed E-state index contributed by atoms with van der Waals surface area (Å²) < 4.78 is 0. The first-order valence-electron chi connectivity index (χ1n) is 12.2. The first kappa shape index (κ1) is 22.4. The van der Waals surface area contributed by atoms with Crippen LogP contribution >= 0.6 is 0 Å². The van der Waals surface area contributed by atoms with E-state index in [2.05, 4.69) is 72.5 Å². The Morgan fingerprint density at radius 3 is 2.24 bits per heavy atom. The van der Waals surface area contributed by atoms with Gasteiger partial charge in [0.25, 0.3) is 5.91 Å². The molecule has 0 atom stereocenters. The van der Waals surface area contributed by atoms with Gasteiger partial charge in [0, 0.05) is 25.7 Å². The summed E-state index contributed by atoms with van der Waals surface area (Å²) >= 11 is 0. The van der Waals surface area contributed by atoms with Crippen molar-refractivity contribution in [3.8, 4) is 11.1 Å². The van der Waals surface area contributed by atoms with Gasteiger partial charge in [-0.15, -0.1) is 0 Å². The molecule has 3 nitrogen and oxygen atoms in total. The monoisotopic (exact) mass is 448 g/mol. The van der Waals surface area contributed by atoms with Crippen molar-refractivity contribution >= 4 is 16.7 Å². The summed E-state index contributed by atoms with van der Waals surface area (Å²) in [7, 11) is 1.89. The maximum atomic E-state index is 13.1. The van der Waals surface area contributed by atoms with E-state index in [1.54, 1.807) is 0 Å². The van der Waals surface area contributed by atoms with Crippen LogP contribution in [0.5, 0.6) is 0 Å². The highest BCUT2D eigenvalue weighted by Crippen LogP contribution is 2.24. The fraction of sp³-hybridized carbons (Fsp3) is 0.258. The fourth-order valence-electron chi connectivity index (χ4n) is 4.93. The third kappa shape index (κ3) is 4.90. The molecule has 3 heteroatoms. The Balaban J connectivity index is 1.30. The van der Waals surface area contributed by atoms with Crippen molar-refractivity contribution in [2.45, 2.75) is 32.9 Å². The van der Waals surface area contributed by atoms with Crippen LogP contribution in [0.1, 0.15) is 39.9 Å². The number of carbonyl (C=O) groups is 1. The van der Waals surface area contributed by atoms with Crippen molar-refractivity contribution in [2.75, 3.05) is 20.1 Å². The molecule has 1 saturated heterocycles. The number of nitrogens with zero attached hydrogens (tertiary/aromatic N) is 2. The number of benzene rings is 4. The van der Waals surface area contributed by atoms with Gasteiger partial charge in [-0.2, -0.15) is 0 Å². The van der Waals surface area contributed by atoms with Crippen LogP contribution in [0.25, 0.3) is 21.9 Å². The molecule has 1 aliphatic heterocycles. The number of amides is 1. The summed E-state index contributed by atoms with van der Waals surface area (Å²) in [5.74, 6) is 0.0399. The fourth-order valence-corrected chi connectivity index (χ4v) is 4.93. The van der Waals surface area contributed by atoms with E-state index in [-0.39, 0.29) is 5.91 Å². The zero-order valence-corrected chi connectivity index (χ0v) is 20.1. The molecular formula is C31H32N2O. The first-order chi connectivity index (χ1) is 16.6. The molecule has 0 aliphatic carbocycles. The molecule has 0 unspecified atom stereocenters. The van der Waals surface area contributed by atoms with Crippen LogP contribution in [0, 0.1) is 6.92 Å². The SMILES string of the molecule is Cc1ccc(-c2ccc(C(=O)N(C)Cc3cccc4cc(CN5CCCC5)ccc34)cc2)cc1. The van der Waals surface area contributed by atoms with Crippen LogP contribution in [0.3, 0.4) is 0 Å². The van der Waals surface area contributed by atoms with E-state index < -0.39 is 0 Å². The second-order valence-electron chi connectivity index (χ2n) is 9.56. The van der Waals surface area contributed by atoms with Crippen molar-refractivity contribution < 1.29 is 4.79 Å². The Morgan fingerprint density at radius 1 is 0.853 bits per heavy atom. The summed E-state index contributed by atoms with van der Waals surface area (Å²) in [6.07, 6.45) is 2.62. The van der Waals surface area contributed by atoms with Gasteiger partial charge in [-0.25, -0.2) is 0 Å². The third-order valence-electron chi connectivity index (χ3n) is 6.91. The lowest BCUT2D eigenvalue weighted by Gasteiger charge is -2.19. The van der Waals surface area contributed by atoms with Gasteiger partial charge < -0.3 is 4.90 Å². The largest absolute Gasteiger partial charge is 0.337 e. The molecule has 34 heavy (non-hydrogen) atoms. The van der Waals surface area contributed by atoms with Crippen molar-refractivity contribution in [1.29, 1.82) is 0 Å². The molecule has 0 aromatic heterocycles. The number of hydrogen-bond acceptors (Lipinski definition) is 2. The van der Waals surface area contributed by atoms with Crippen LogP contribution in [0.15, 0.2) is 84.9 Å². The third-order valence-corrected chi connectivity index (χ3v) is 6.91. The van der Waals surface area contributed by atoms with E-state index in [0.29, 0.717) is 12.1 Å². The predicted molar refractivity (Wildman–Crippen MR) is 141 cm³/mol. The molecule has 172 valence electrons. The molecule has 0 spiro atoms. The molecule has 1 aliphatic rings. The molecule has 4 aromatic rings. The molecule has 4 aromatic carbocycles. The van der Waals surface area contributed by atoms with E-state index in [4.69, 9.17) is 0 Å². The Labute approximate surface area is 202 Å².